The second-order valence-corrected chi connectivity index (χ2v) is 3.33. The van der Waals surface area contributed by atoms with Crippen LogP contribution in [-0.2, 0) is 4.79 Å². The Hall–Kier alpha value is -2.17. The van der Waals surface area contributed by atoms with Gasteiger partial charge >= 0.3 is 0 Å². The van der Waals surface area contributed by atoms with E-state index >= 15 is 0 Å². The van der Waals surface area contributed by atoms with Crippen molar-refractivity contribution in [2.75, 3.05) is 16.8 Å². The van der Waals surface area contributed by atoms with Crippen LogP contribution in [-0.4, -0.2) is 22.4 Å². The number of nitrogens with one attached hydrogen (secondary N) is 1. The summed E-state index contributed by atoms with van der Waals surface area (Å²) in [5.74, 6) is 0.599. The largest absolute Gasteiger partial charge is 0.321 e. The average Bonchev–Trinajstić information content (AvgIpc) is 2.62. The summed E-state index contributed by atoms with van der Waals surface area (Å²) < 4.78 is 0. The lowest BCUT2D eigenvalue weighted by Crippen LogP contribution is -2.18. The van der Waals surface area contributed by atoms with Gasteiger partial charge in [-0.05, 0) is 6.08 Å². The summed E-state index contributed by atoms with van der Waals surface area (Å²) in [4.78, 5) is 21.5. The predicted molar refractivity (Wildman–Crippen MR) is 55.2 cm³/mol. The van der Waals surface area contributed by atoms with Gasteiger partial charge in [-0.3, -0.25) is 4.79 Å². The fraction of sp³-hybridized carbons (Fsp3) is 0.100. The number of hydrogen-bond acceptors (Lipinski definition) is 4. The third-order valence-electron chi connectivity index (χ3n) is 2.37. The van der Waals surface area contributed by atoms with Gasteiger partial charge in [0, 0.05) is 18.3 Å². The molecule has 74 valence electrons. The number of carbonyl (C=O) groups excluding carboxylic acids is 1. The fourth-order valence-corrected chi connectivity index (χ4v) is 1.74. The molecule has 5 heteroatoms. The Morgan fingerprint density at radius 3 is 3.33 bits per heavy atom. The minimum Gasteiger partial charge on any atom is -0.321 e. The first-order valence-electron chi connectivity index (χ1n) is 4.61. The number of anilines is 2. The van der Waals surface area contributed by atoms with Crippen LogP contribution in [0.3, 0.4) is 0 Å². The Labute approximate surface area is 86.1 Å². The molecule has 0 atom stereocenters. The maximum atomic E-state index is 11.5. The molecule has 1 aromatic rings. The van der Waals surface area contributed by atoms with E-state index in [0.717, 1.165) is 18.1 Å². The molecule has 1 aromatic heterocycles. The number of fused-ring (bicyclic) bond motifs is 3. The zero-order valence-electron chi connectivity index (χ0n) is 7.84. The molecule has 3 rings (SSSR count). The van der Waals surface area contributed by atoms with Crippen molar-refractivity contribution in [3.05, 3.63) is 36.4 Å². The zero-order valence-corrected chi connectivity index (χ0v) is 7.84. The van der Waals surface area contributed by atoms with Gasteiger partial charge in [0.15, 0.2) is 5.82 Å². The molecule has 0 fully saturated rings. The van der Waals surface area contributed by atoms with Gasteiger partial charge < -0.3 is 10.2 Å². The van der Waals surface area contributed by atoms with Crippen LogP contribution in [0, 0.1) is 0 Å². The molecule has 5 nitrogen and oxygen atoms in total. The van der Waals surface area contributed by atoms with Crippen LogP contribution in [0.4, 0.5) is 11.5 Å². The van der Waals surface area contributed by atoms with Gasteiger partial charge in [-0.15, -0.1) is 0 Å². The monoisotopic (exact) mass is 200 g/mol. The van der Waals surface area contributed by atoms with Crippen LogP contribution in [0.25, 0.3) is 0 Å². The van der Waals surface area contributed by atoms with Crippen molar-refractivity contribution in [3.63, 3.8) is 0 Å². The SMILES string of the molecule is O=C1C=C2C=CCN2c2ncncc2N1. The van der Waals surface area contributed by atoms with Crippen LogP contribution in [0.2, 0.25) is 0 Å². The molecule has 15 heavy (non-hydrogen) atoms. The van der Waals surface area contributed by atoms with Crippen molar-refractivity contribution >= 4 is 17.4 Å². The first-order chi connectivity index (χ1) is 7.34. The topological polar surface area (TPSA) is 58.1 Å². The third-order valence-corrected chi connectivity index (χ3v) is 2.37. The van der Waals surface area contributed by atoms with Crippen molar-refractivity contribution in [1.82, 2.24) is 9.97 Å². The van der Waals surface area contributed by atoms with Crippen LogP contribution in [0.5, 0.6) is 0 Å². The minimum absolute atomic E-state index is 0.143. The molecule has 0 radical (unpaired) electrons. The fourth-order valence-electron chi connectivity index (χ4n) is 1.74. The first-order valence-corrected chi connectivity index (χ1v) is 4.61. The average molecular weight is 200 g/mol. The molecule has 0 saturated carbocycles. The zero-order chi connectivity index (χ0) is 10.3. The Balaban J connectivity index is 2.18. The molecule has 1 amide bonds. The molecule has 3 heterocycles. The highest BCUT2D eigenvalue weighted by Gasteiger charge is 2.23. The van der Waals surface area contributed by atoms with E-state index in [-0.39, 0.29) is 5.91 Å². The number of nitrogens with zero attached hydrogens (tertiary/aromatic N) is 3. The standard InChI is InChI=1S/C10H8N4O/c15-9-4-7-2-1-3-14(7)10-8(13-9)5-11-6-12-10/h1-2,4-6H,3H2,(H,13,15). The molecule has 2 aliphatic heterocycles. The van der Waals surface area contributed by atoms with Crippen molar-refractivity contribution in [2.24, 2.45) is 0 Å². The van der Waals surface area contributed by atoms with E-state index in [1.165, 1.54) is 6.33 Å². The molecule has 0 aliphatic carbocycles. The van der Waals surface area contributed by atoms with Crippen molar-refractivity contribution in [3.8, 4) is 0 Å². The number of amides is 1. The van der Waals surface area contributed by atoms with Gasteiger partial charge in [0.2, 0.25) is 0 Å². The molecular weight excluding hydrogens is 192 g/mol. The molecule has 0 aromatic carbocycles. The van der Waals surface area contributed by atoms with E-state index in [0.29, 0.717) is 5.69 Å². The highest BCUT2D eigenvalue weighted by atomic mass is 16.1. The van der Waals surface area contributed by atoms with Gasteiger partial charge in [0.1, 0.15) is 12.0 Å². The van der Waals surface area contributed by atoms with Gasteiger partial charge in [-0.25, -0.2) is 9.97 Å². The van der Waals surface area contributed by atoms with E-state index in [1.807, 2.05) is 17.1 Å². The maximum Gasteiger partial charge on any atom is 0.250 e. The molecule has 1 N–H and O–H groups in total. The second-order valence-electron chi connectivity index (χ2n) is 3.33. The Morgan fingerprint density at radius 1 is 1.47 bits per heavy atom. The van der Waals surface area contributed by atoms with Crippen LogP contribution in [0.15, 0.2) is 36.4 Å². The third kappa shape index (κ3) is 1.20. The van der Waals surface area contributed by atoms with E-state index < -0.39 is 0 Å². The number of hydrogen-bond donors (Lipinski definition) is 1. The smallest absolute Gasteiger partial charge is 0.250 e. The van der Waals surface area contributed by atoms with Crippen molar-refractivity contribution < 1.29 is 4.79 Å². The predicted octanol–water partition coefficient (Wildman–Crippen LogP) is 0.689. The van der Waals surface area contributed by atoms with Crippen molar-refractivity contribution in [1.29, 1.82) is 0 Å². The molecule has 2 aliphatic rings. The van der Waals surface area contributed by atoms with Gasteiger partial charge in [0.25, 0.3) is 5.91 Å². The summed E-state index contributed by atoms with van der Waals surface area (Å²) in [5, 5.41) is 2.74. The number of carbonyl (C=O) groups is 1. The van der Waals surface area contributed by atoms with Crippen molar-refractivity contribution in [2.45, 2.75) is 0 Å². The highest BCUT2D eigenvalue weighted by Crippen LogP contribution is 2.30. The van der Waals surface area contributed by atoms with E-state index in [1.54, 1.807) is 12.3 Å². The van der Waals surface area contributed by atoms with E-state index in [4.69, 9.17) is 0 Å². The number of rotatable bonds is 0. The maximum absolute atomic E-state index is 11.5. The quantitative estimate of drug-likeness (QED) is 0.669. The number of allylic oxidation sites excluding steroid dienone is 1. The highest BCUT2D eigenvalue weighted by molar-refractivity contribution is 6.04. The first kappa shape index (κ1) is 8.16. The molecule has 0 saturated heterocycles. The summed E-state index contributed by atoms with van der Waals surface area (Å²) >= 11 is 0. The lowest BCUT2D eigenvalue weighted by molar-refractivity contribution is -0.111. The normalized spacial score (nSPS) is 17.7. The summed E-state index contributed by atoms with van der Waals surface area (Å²) in [6.45, 7) is 0.741. The molecule has 0 unspecified atom stereocenters. The summed E-state index contributed by atoms with van der Waals surface area (Å²) in [7, 11) is 0. The van der Waals surface area contributed by atoms with Crippen LogP contribution < -0.4 is 10.2 Å². The lowest BCUT2D eigenvalue weighted by atomic mass is 10.4. The molecule has 0 spiro atoms. The molecular formula is C10H8N4O. The summed E-state index contributed by atoms with van der Waals surface area (Å²) in [5.41, 5.74) is 1.52. The van der Waals surface area contributed by atoms with Crippen LogP contribution >= 0.6 is 0 Å². The Morgan fingerprint density at radius 2 is 2.40 bits per heavy atom. The second kappa shape index (κ2) is 2.91. The van der Waals surface area contributed by atoms with Gasteiger partial charge in [-0.1, -0.05) is 6.08 Å². The van der Waals surface area contributed by atoms with Crippen LogP contribution in [0.1, 0.15) is 0 Å². The van der Waals surface area contributed by atoms with Gasteiger partial charge in [-0.2, -0.15) is 0 Å². The summed E-state index contributed by atoms with van der Waals surface area (Å²) in [6, 6.07) is 0. The van der Waals surface area contributed by atoms with Gasteiger partial charge in [0.05, 0.1) is 6.20 Å². The Bertz CT molecular complexity index is 492. The lowest BCUT2D eigenvalue weighted by Gasteiger charge is -2.18. The minimum atomic E-state index is -0.143. The van der Waals surface area contributed by atoms with E-state index in [9.17, 15) is 4.79 Å². The Kier molecular flexibility index (Phi) is 1.58. The van der Waals surface area contributed by atoms with E-state index in [2.05, 4.69) is 15.3 Å². The molecule has 0 bridgehead atoms. The summed E-state index contributed by atoms with van der Waals surface area (Å²) in [6.07, 6.45) is 8.56. The number of aromatic nitrogens is 2.